The fraction of sp³-hybridized carbons (Fsp3) is 0.235. The average molecular weight is 305 g/mol. The molecule has 22 heavy (non-hydrogen) atoms. The monoisotopic (exact) mass is 305 g/mol. The maximum atomic E-state index is 13.3. The summed E-state index contributed by atoms with van der Waals surface area (Å²) in [5, 5.41) is 2.64. The van der Waals surface area contributed by atoms with Crippen LogP contribution in [0.15, 0.2) is 36.4 Å². The standard InChI is InChI=1S/C17H17F2NO2/c1-3-17(21)20-15-9-14(19)5-4-12(15)10-22-16-7-6-13(18)8-11(16)2/h4-9H,3,10H2,1-2H3,(H,20,21). The number of benzene rings is 2. The van der Waals surface area contributed by atoms with Gasteiger partial charge in [-0.1, -0.05) is 13.0 Å². The highest BCUT2D eigenvalue weighted by Gasteiger charge is 2.09. The summed E-state index contributed by atoms with van der Waals surface area (Å²) >= 11 is 0. The maximum Gasteiger partial charge on any atom is 0.224 e. The van der Waals surface area contributed by atoms with Crippen LogP contribution >= 0.6 is 0 Å². The predicted octanol–water partition coefficient (Wildman–Crippen LogP) is 4.20. The fourth-order valence-corrected chi connectivity index (χ4v) is 1.96. The second-order valence-electron chi connectivity index (χ2n) is 4.90. The molecule has 0 spiro atoms. The number of carbonyl (C=O) groups is 1. The van der Waals surface area contributed by atoms with E-state index in [0.717, 1.165) is 0 Å². The zero-order chi connectivity index (χ0) is 16.1. The van der Waals surface area contributed by atoms with E-state index < -0.39 is 5.82 Å². The molecule has 0 aromatic heterocycles. The highest BCUT2D eigenvalue weighted by molar-refractivity contribution is 5.91. The molecule has 1 N–H and O–H groups in total. The number of aryl methyl sites for hydroxylation is 1. The molecule has 2 aromatic rings. The second-order valence-corrected chi connectivity index (χ2v) is 4.90. The number of ether oxygens (including phenoxy) is 1. The Morgan fingerprint density at radius 1 is 1.14 bits per heavy atom. The third-order valence-corrected chi connectivity index (χ3v) is 3.19. The van der Waals surface area contributed by atoms with Gasteiger partial charge in [-0.3, -0.25) is 4.79 Å². The van der Waals surface area contributed by atoms with Crippen LogP contribution in [0.4, 0.5) is 14.5 Å². The van der Waals surface area contributed by atoms with E-state index in [1.807, 2.05) is 0 Å². The average Bonchev–Trinajstić information content (AvgIpc) is 2.48. The Morgan fingerprint density at radius 3 is 2.50 bits per heavy atom. The number of amides is 1. The van der Waals surface area contributed by atoms with E-state index >= 15 is 0 Å². The van der Waals surface area contributed by atoms with E-state index in [-0.39, 0.29) is 18.3 Å². The van der Waals surface area contributed by atoms with Gasteiger partial charge in [0.15, 0.2) is 0 Å². The lowest BCUT2D eigenvalue weighted by molar-refractivity contribution is -0.115. The molecule has 0 aliphatic heterocycles. The van der Waals surface area contributed by atoms with Crippen LogP contribution in [0, 0.1) is 18.6 Å². The third kappa shape index (κ3) is 4.04. The van der Waals surface area contributed by atoms with Crippen LogP contribution in [0.5, 0.6) is 5.75 Å². The molecule has 0 heterocycles. The van der Waals surface area contributed by atoms with E-state index in [1.54, 1.807) is 26.0 Å². The molecule has 0 aliphatic carbocycles. The summed E-state index contributed by atoms with van der Waals surface area (Å²) in [6.45, 7) is 3.60. The van der Waals surface area contributed by atoms with Gasteiger partial charge in [-0.15, -0.1) is 0 Å². The smallest absolute Gasteiger partial charge is 0.224 e. The van der Waals surface area contributed by atoms with Gasteiger partial charge in [-0.05, 0) is 42.8 Å². The molecule has 2 aromatic carbocycles. The van der Waals surface area contributed by atoms with E-state index in [9.17, 15) is 13.6 Å². The van der Waals surface area contributed by atoms with Gasteiger partial charge in [0, 0.05) is 12.0 Å². The van der Waals surface area contributed by atoms with Crippen molar-refractivity contribution in [2.75, 3.05) is 5.32 Å². The van der Waals surface area contributed by atoms with Gasteiger partial charge in [0.1, 0.15) is 24.0 Å². The molecule has 0 aliphatic rings. The normalized spacial score (nSPS) is 10.4. The largest absolute Gasteiger partial charge is 0.489 e. The highest BCUT2D eigenvalue weighted by Crippen LogP contribution is 2.23. The molecule has 2 rings (SSSR count). The Balaban J connectivity index is 2.16. The molecule has 3 nitrogen and oxygen atoms in total. The molecule has 5 heteroatoms. The number of nitrogens with one attached hydrogen (secondary N) is 1. The first kappa shape index (κ1) is 15.9. The molecule has 0 fully saturated rings. The minimum absolute atomic E-state index is 0.145. The van der Waals surface area contributed by atoms with Crippen LogP contribution in [-0.4, -0.2) is 5.91 Å². The van der Waals surface area contributed by atoms with Gasteiger partial charge in [-0.25, -0.2) is 8.78 Å². The summed E-state index contributed by atoms with van der Waals surface area (Å²) in [5.41, 5.74) is 1.69. The molecule has 0 saturated heterocycles. The number of carbonyl (C=O) groups excluding carboxylic acids is 1. The maximum absolute atomic E-state index is 13.3. The molecular weight excluding hydrogens is 288 g/mol. The van der Waals surface area contributed by atoms with Gasteiger partial charge in [0.2, 0.25) is 5.91 Å². The SMILES string of the molecule is CCC(=O)Nc1cc(F)ccc1COc1ccc(F)cc1C. The molecule has 0 unspecified atom stereocenters. The highest BCUT2D eigenvalue weighted by atomic mass is 19.1. The fourth-order valence-electron chi connectivity index (χ4n) is 1.96. The zero-order valence-electron chi connectivity index (χ0n) is 12.5. The first-order chi connectivity index (χ1) is 10.5. The van der Waals surface area contributed by atoms with Crippen molar-refractivity contribution in [3.05, 3.63) is 59.2 Å². The molecule has 0 radical (unpaired) electrons. The first-order valence-corrected chi connectivity index (χ1v) is 6.97. The summed E-state index contributed by atoms with van der Waals surface area (Å²) in [7, 11) is 0. The van der Waals surface area contributed by atoms with Gasteiger partial charge in [0.05, 0.1) is 5.69 Å². The van der Waals surface area contributed by atoms with Crippen LogP contribution in [0.2, 0.25) is 0 Å². The minimum Gasteiger partial charge on any atom is -0.489 e. The minimum atomic E-state index is -0.437. The van der Waals surface area contributed by atoms with Gasteiger partial charge in [0.25, 0.3) is 0 Å². The Labute approximate surface area is 127 Å². The molecule has 0 atom stereocenters. The number of hydrogen-bond donors (Lipinski definition) is 1. The van der Waals surface area contributed by atoms with Crippen molar-refractivity contribution in [1.29, 1.82) is 0 Å². The number of hydrogen-bond acceptors (Lipinski definition) is 2. The summed E-state index contributed by atoms with van der Waals surface area (Å²) in [6, 6.07) is 8.34. The van der Waals surface area contributed by atoms with E-state index in [1.165, 1.54) is 24.3 Å². The van der Waals surface area contributed by atoms with E-state index in [2.05, 4.69) is 5.32 Å². The van der Waals surface area contributed by atoms with Crippen molar-refractivity contribution in [3.63, 3.8) is 0 Å². The van der Waals surface area contributed by atoms with Crippen molar-refractivity contribution in [1.82, 2.24) is 0 Å². The molecule has 116 valence electrons. The van der Waals surface area contributed by atoms with Crippen LogP contribution in [0.3, 0.4) is 0 Å². The van der Waals surface area contributed by atoms with E-state index in [0.29, 0.717) is 29.0 Å². The second kappa shape index (κ2) is 7.02. The van der Waals surface area contributed by atoms with Crippen molar-refractivity contribution < 1.29 is 18.3 Å². The van der Waals surface area contributed by atoms with Crippen molar-refractivity contribution in [3.8, 4) is 5.75 Å². The van der Waals surface area contributed by atoms with Crippen molar-refractivity contribution >= 4 is 11.6 Å². The topological polar surface area (TPSA) is 38.3 Å². The summed E-state index contributed by atoms with van der Waals surface area (Å²) < 4.78 is 32.0. The number of anilines is 1. The third-order valence-electron chi connectivity index (χ3n) is 3.19. The Bertz CT molecular complexity index is 686. The zero-order valence-corrected chi connectivity index (χ0v) is 12.5. The number of halogens is 2. The Kier molecular flexibility index (Phi) is 5.09. The lowest BCUT2D eigenvalue weighted by Gasteiger charge is -2.13. The van der Waals surface area contributed by atoms with Gasteiger partial charge >= 0.3 is 0 Å². The lowest BCUT2D eigenvalue weighted by Crippen LogP contribution is -2.12. The predicted molar refractivity (Wildman–Crippen MR) is 80.8 cm³/mol. The lowest BCUT2D eigenvalue weighted by atomic mass is 10.1. The molecule has 1 amide bonds. The summed E-state index contributed by atoms with van der Waals surface area (Å²) in [5.74, 6) is -0.432. The van der Waals surface area contributed by atoms with Crippen LogP contribution in [0.25, 0.3) is 0 Å². The Morgan fingerprint density at radius 2 is 1.82 bits per heavy atom. The van der Waals surface area contributed by atoms with Crippen LogP contribution in [0.1, 0.15) is 24.5 Å². The first-order valence-electron chi connectivity index (χ1n) is 6.97. The Hall–Kier alpha value is -2.43. The number of rotatable bonds is 5. The quantitative estimate of drug-likeness (QED) is 0.899. The van der Waals surface area contributed by atoms with E-state index in [4.69, 9.17) is 4.74 Å². The summed E-state index contributed by atoms with van der Waals surface area (Å²) in [4.78, 5) is 11.5. The van der Waals surface area contributed by atoms with Gasteiger partial charge in [-0.2, -0.15) is 0 Å². The van der Waals surface area contributed by atoms with Crippen LogP contribution in [-0.2, 0) is 11.4 Å². The molecule has 0 bridgehead atoms. The van der Waals surface area contributed by atoms with Crippen LogP contribution < -0.4 is 10.1 Å². The molecule has 0 saturated carbocycles. The molecular formula is C17H17F2NO2. The van der Waals surface area contributed by atoms with Crippen molar-refractivity contribution in [2.45, 2.75) is 26.9 Å². The van der Waals surface area contributed by atoms with Gasteiger partial charge < -0.3 is 10.1 Å². The van der Waals surface area contributed by atoms with Crippen molar-refractivity contribution in [2.24, 2.45) is 0 Å². The summed E-state index contributed by atoms with van der Waals surface area (Å²) in [6.07, 6.45) is 0.299.